The van der Waals surface area contributed by atoms with Crippen molar-refractivity contribution in [3.63, 3.8) is 0 Å². The van der Waals surface area contributed by atoms with E-state index in [2.05, 4.69) is 14.4 Å². The zero-order valence-electron chi connectivity index (χ0n) is 5.22. The fourth-order valence-corrected chi connectivity index (χ4v) is 0.360. The van der Waals surface area contributed by atoms with Crippen molar-refractivity contribution in [3.8, 4) is 0 Å². The van der Waals surface area contributed by atoms with Gasteiger partial charge in [0.05, 0.1) is 0 Å². The van der Waals surface area contributed by atoms with Gasteiger partial charge in [0.25, 0.3) is 0 Å². The van der Waals surface area contributed by atoms with Gasteiger partial charge < -0.3 is 19.6 Å². The molecule has 12 heteroatoms. The number of phosphoric acid groups is 2. The standard InChI is InChI=1S/H4O9P2.Zr/c1-10(2,3)8-7-9-11(4,5)6;/h(H2,1,2,3)(H2,4,5,6);. The van der Waals surface area contributed by atoms with Crippen LogP contribution in [0.5, 0.6) is 0 Å². The van der Waals surface area contributed by atoms with Gasteiger partial charge in [0.15, 0.2) is 0 Å². The Hall–Kier alpha value is 1.06. The molecule has 0 saturated carbocycles. The van der Waals surface area contributed by atoms with Crippen LogP contribution in [0, 0.1) is 0 Å². The second-order valence-corrected chi connectivity index (χ2v) is 3.46. The first-order chi connectivity index (χ1) is 4.71. The van der Waals surface area contributed by atoms with Gasteiger partial charge in [0.1, 0.15) is 0 Å². The van der Waals surface area contributed by atoms with E-state index < -0.39 is 15.6 Å². The Kier molecular flexibility index (Phi) is 7.41. The minimum atomic E-state index is -4.94. The third-order valence-electron chi connectivity index (χ3n) is 0.255. The quantitative estimate of drug-likeness (QED) is 0.293. The average molecular weight is 301 g/mol. The zero-order chi connectivity index (χ0) is 9.12. The van der Waals surface area contributed by atoms with E-state index in [4.69, 9.17) is 19.6 Å². The van der Waals surface area contributed by atoms with Crippen molar-refractivity contribution < 1.29 is 69.3 Å². The molecule has 4 N–H and O–H groups in total. The van der Waals surface area contributed by atoms with Crippen LogP contribution in [0.15, 0.2) is 0 Å². The van der Waals surface area contributed by atoms with Gasteiger partial charge >= 0.3 is 15.6 Å². The third-order valence-corrected chi connectivity index (χ3v) is 0.765. The molecule has 0 spiro atoms. The van der Waals surface area contributed by atoms with Crippen LogP contribution in [-0.2, 0) is 49.7 Å². The maximum absolute atomic E-state index is 9.73. The predicted molar refractivity (Wildman–Crippen MR) is 27.3 cm³/mol. The van der Waals surface area contributed by atoms with E-state index in [0.717, 1.165) is 0 Å². The number of hydrogen-bond acceptors (Lipinski definition) is 5. The molecule has 0 unspecified atom stereocenters. The van der Waals surface area contributed by atoms with Gasteiger partial charge in [-0.1, -0.05) is 9.35 Å². The fraction of sp³-hybridized carbons (Fsp3) is 0. The molecule has 0 rings (SSSR count). The SMILES string of the molecule is O=P(O)(O)OOOP(=O)(O)O.[Zr]. The van der Waals surface area contributed by atoms with E-state index >= 15 is 0 Å². The summed E-state index contributed by atoms with van der Waals surface area (Å²) in [5.74, 6) is 0. The normalized spacial score (nSPS) is 12.3. The molecular formula is H4O9P2Zr. The van der Waals surface area contributed by atoms with Gasteiger partial charge in [-0.25, -0.2) is 9.13 Å². The summed E-state index contributed by atoms with van der Waals surface area (Å²) in [5.41, 5.74) is 0. The summed E-state index contributed by atoms with van der Waals surface area (Å²) in [7, 11) is -9.88. The molecule has 0 amide bonds. The van der Waals surface area contributed by atoms with Crippen molar-refractivity contribution in [2.45, 2.75) is 0 Å². The molecule has 9 nitrogen and oxygen atoms in total. The molecule has 0 aromatic rings. The van der Waals surface area contributed by atoms with E-state index in [0.29, 0.717) is 0 Å². The summed E-state index contributed by atoms with van der Waals surface area (Å²) >= 11 is 0. The molecule has 0 radical (unpaired) electrons. The van der Waals surface area contributed by atoms with Crippen molar-refractivity contribution in [2.24, 2.45) is 0 Å². The minimum absolute atomic E-state index is 0. The maximum Gasteiger partial charge on any atom is 0.499 e. The first-order valence-electron chi connectivity index (χ1n) is 1.86. The van der Waals surface area contributed by atoms with E-state index in [1.54, 1.807) is 0 Å². The summed E-state index contributed by atoms with van der Waals surface area (Å²) in [5, 5.41) is 3.04. The van der Waals surface area contributed by atoms with Gasteiger partial charge in [-0.2, -0.15) is 0 Å². The zero-order valence-corrected chi connectivity index (χ0v) is 9.47. The van der Waals surface area contributed by atoms with Crippen LogP contribution in [0.2, 0.25) is 0 Å². The van der Waals surface area contributed by atoms with Gasteiger partial charge in [0.2, 0.25) is 0 Å². The molecule has 0 bridgehead atoms. The predicted octanol–water partition coefficient (Wildman–Crippen LogP) is -0.951. The van der Waals surface area contributed by atoms with E-state index in [1.165, 1.54) is 0 Å². The van der Waals surface area contributed by atoms with Gasteiger partial charge in [0, 0.05) is 26.2 Å². The van der Waals surface area contributed by atoms with E-state index in [1.807, 2.05) is 0 Å². The molecule has 0 atom stereocenters. The summed E-state index contributed by atoms with van der Waals surface area (Å²) in [6.07, 6.45) is 0. The van der Waals surface area contributed by atoms with Crippen LogP contribution in [0.25, 0.3) is 0 Å². The van der Waals surface area contributed by atoms with Gasteiger partial charge in [-0.15, -0.1) is 0 Å². The minimum Gasteiger partial charge on any atom is -0.301 e. The van der Waals surface area contributed by atoms with Crippen molar-refractivity contribution >= 4 is 15.6 Å². The Labute approximate surface area is 85.1 Å². The van der Waals surface area contributed by atoms with Crippen molar-refractivity contribution in [1.82, 2.24) is 0 Å². The maximum atomic E-state index is 9.73. The number of hydrogen-bond donors (Lipinski definition) is 4. The fourth-order valence-electron chi connectivity index (χ4n) is 0.0929. The van der Waals surface area contributed by atoms with Crippen LogP contribution in [0.3, 0.4) is 0 Å². The first-order valence-corrected chi connectivity index (χ1v) is 4.92. The molecule has 0 aliphatic carbocycles. The molecular weight excluding hydrogens is 297 g/mol. The number of rotatable bonds is 4. The van der Waals surface area contributed by atoms with Crippen LogP contribution < -0.4 is 0 Å². The summed E-state index contributed by atoms with van der Waals surface area (Å²) in [6.45, 7) is 0. The Morgan fingerprint density at radius 2 is 1.08 bits per heavy atom. The largest absolute Gasteiger partial charge is 0.499 e. The molecule has 0 aliphatic heterocycles. The second-order valence-electron chi connectivity index (χ2n) is 1.20. The topological polar surface area (TPSA) is 143 Å². The summed E-state index contributed by atoms with van der Waals surface area (Å²) in [6, 6.07) is 0. The molecule has 0 heterocycles. The third kappa shape index (κ3) is 13.6. The van der Waals surface area contributed by atoms with Crippen LogP contribution in [-0.4, -0.2) is 19.6 Å². The summed E-state index contributed by atoms with van der Waals surface area (Å²) < 4.78 is 25.6. The molecule has 0 fully saturated rings. The smallest absolute Gasteiger partial charge is 0.301 e. The summed E-state index contributed by atoms with van der Waals surface area (Å²) in [4.78, 5) is 31.4. The Morgan fingerprint density at radius 3 is 1.25 bits per heavy atom. The van der Waals surface area contributed by atoms with Crippen molar-refractivity contribution in [2.75, 3.05) is 0 Å². The molecule has 72 valence electrons. The van der Waals surface area contributed by atoms with Gasteiger partial charge in [-0.3, -0.25) is 0 Å². The Bertz CT molecular complexity index is 175. The monoisotopic (exact) mass is 300 g/mol. The average Bonchev–Trinajstić information content (AvgIpc) is 1.55. The Morgan fingerprint density at radius 1 is 0.833 bits per heavy atom. The van der Waals surface area contributed by atoms with Gasteiger partial charge in [-0.05, 0) is 5.04 Å². The molecule has 0 aromatic carbocycles. The van der Waals surface area contributed by atoms with Crippen molar-refractivity contribution in [1.29, 1.82) is 0 Å². The molecule has 0 aliphatic rings. The molecule has 12 heavy (non-hydrogen) atoms. The van der Waals surface area contributed by atoms with Crippen LogP contribution >= 0.6 is 15.6 Å². The van der Waals surface area contributed by atoms with E-state index in [9.17, 15) is 9.13 Å². The van der Waals surface area contributed by atoms with Crippen LogP contribution in [0.1, 0.15) is 0 Å². The van der Waals surface area contributed by atoms with E-state index in [-0.39, 0.29) is 26.2 Å². The van der Waals surface area contributed by atoms with Crippen LogP contribution in [0.4, 0.5) is 0 Å². The van der Waals surface area contributed by atoms with Crippen molar-refractivity contribution in [3.05, 3.63) is 0 Å². The molecule has 0 aromatic heterocycles. The molecule has 0 saturated heterocycles. The first kappa shape index (κ1) is 15.5. The second kappa shape index (κ2) is 5.72. The Balaban J connectivity index is 0.